The predicted molar refractivity (Wildman–Crippen MR) is 190 cm³/mol. The lowest BCUT2D eigenvalue weighted by Gasteiger charge is -2.46. The van der Waals surface area contributed by atoms with Crippen LogP contribution < -0.4 is 10.4 Å². The Labute approximate surface area is 288 Å². The molecule has 1 saturated carbocycles. The molecule has 1 aliphatic rings. The zero-order valence-electron chi connectivity index (χ0n) is 29.9. The number of aliphatic hydroxyl groups is 1. The van der Waals surface area contributed by atoms with Crippen molar-refractivity contribution < 1.29 is 38.1 Å². The van der Waals surface area contributed by atoms with E-state index in [0.29, 0.717) is 25.7 Å². The number of Topliss-reactive ketones (excluding diaryl/α,β-unsaturated/α-hetero) is 2. The molecule has 1 N–H and O–H groups in total. The van der Waals surface area contributed by atoms with Gasteiger partial charge in [-0.2, -0.15) is 0 Å². The van der Waals surface area contributed by atoms with Crippen LogP contribution in [-0.4, -0.2) is 71.3 Å². The van der Waals surface area contributed by atoms with E-state index in [1.54, 1.807) is 6.08 Å². The lowest BCUT2D eigenvalue weighted by atomic mass is 9.66. The maximum Gasteiger partial charge on any atom is 0.316 e. The summed E-state index contributed by atoms with van der Waals surface area (Å²) in [7, 11) is -0.248. The molecule has 0 bridgehead atoms. The van der Waals surface area contributed by atoms with E-state index in [1.165, 1.54) is 14.2 Å². The first-order chi connectivity index (χ1) is 22.8. The molecule has 0 amide bonds. The van der Waals surface area contributed by atoms with Gasteiger partial charge in [-0.3, -0.25) is 14.4 Å². The Hall–Kier alpha value is -2.95. The maximum absolute atomic E-state index is 14.7. The number of methoxy groups -OCH3 is 2. The number of benzene rings is 2. The van der Waals surface area contributed by atoms with Crippen molar-refractivity contribution in [2.45, 2.75) is 77.9 Å². The van der Waals surface area contributed by atoms with Gasteiger partial charge in [-0.25, -0.2) is 0 Å². The van der Waals surface area contributed by atoms with Crippen molar-refractivity contribution >= 4 is 36.2 Å². The van der Waals surface area contributed by atoms with E-state index in [9.17, 15) is 19.5 Å². The second-order valence-corrected chi connectivity index (χ2v) is 18.9. The average molecular weight is 681 g/mol. The third kappa shape index (κ3) is 8.79. The Balaban J connectivity index is 2.19. The van der Waals surface area contributed by atoms with Crippen LogP contribution in [0.3, 0.4) is 0 Å². The Kier molecular flexibility index (Phi) is 14.5. The molecule has 2 aromatic carbocycles. The first kappa shape index (κ1) is 39.5. The van der Waals surface area contributed by atoms with Gasteiger partial charge < -0.3 is 23.7 Å². The van der Waals surface area contributed by atoms with Gasteiger partial charge in [-0.15, -0.1) is 6.58 Å². The molecule has 0 heterocycles. The van der Waals surface area contributed by atoms with Gasteiger partial charge in [0.25, 0.3) is 8.32 Å². The number of hydrogen-bond donors (Lipinski definition) is 1. The number of carbonyl (C=O) groups is 3. The van der Waals surface area contributed by atoms with Crippen LogP contribution in [-0.2, 0) is 33.0 Å². The lowest BCUT2D eigenvalue weighted by molar-refractivity contribution is -0.156. The summed E-state index contributed by atoms with van der Waals surface area (Å²) >= 11 is 0. The van der Waals surface area contributed by atoms with Gasteiger partial charge in [0.05, 0.1) is 7.11 Å². The van der Waals surface area contributed by atoms with Crippen LogP contribution >= 0.6 is 0 Å². The van der Waals surface area contributed by atoms with E-state index < -0.39 is 43.6 Å². The Morgan fingerprint density at radius 3 is 2.10 bits per heavy atom. The first-order valence-electron chi connectivity index (χ1n) is 17.0. The fraction of sp³-hybridized carbons (Fsp3) is 0.564. The number of ether oxygens (including phenoxy) is 3. The van der Waals surface area contributed by atoms with Crippen molar-refractivity contribution in [2.24, 2.45) is 29.1 Å². The number of aliphatic hydroxyl groups excluding tert-OH is 1. The highest BCUT2D eigenvalue weighted by atomic mass is 28.4. The van der Waals surface area contributed by atoms with Crippen LogP contribution in [0.15, 0.2) is 73.3 Å². The van der Waals surface area contributed by atoms with Crippen molar-refractivity contribution in [1.82, 2.24) is 0 Å². The van der Waals surface area contributed by atoms with Crippen molar-refractivity contribution in [3.8, 4) is 0 Å². The summed E-state index contributed by atoms with van der Waals surface area (Å²) in [5.41, 5.74) is -0.882. The van der Waals surface area contributed by atoms with Crippen molar-refractivity contribution in [2.75, 3.05) is 34.2 Å². The third-order valence-corrected chi connectivity index (χ3v) is 15.0. The monoisotopic (exact) mass is 680 g/mol. The van der Waals surface area contributed by atoms with Crippen molar-refractivity contribution in [3.63, 3.8) is 0 Å². The second kappa shape index (κ2) is 17.6. The summed E-state index contributed by atoms with van der Waals surface area (Å²) in [5, 5.41) is 11.5. The first-order valence-corrected chi connectivity index (χ1v) is 18.9. The minimum Gasteiger partial charge on any atom is -0.468 e. The van der Waals surface area contributed by atoms with Crippen LogP contribution in [0.2, 0.25) is 5.04 Å². The zero-order chi connectivity index (χ0) is 35.5. The van der Waals surface area contributed by atoms with Crippen LogP contribution in [0.1, 0.15) is 66.7 Å². The van der Waals surface area contributed by atoms with Crippen molar-refractivity contribution in [3.05, 3.63) is 73.3 Å². The fourth-order valence-electron chi connectivity index (χ4n) is 7.69. The Morgan fingerprint density at radius 2 is 1.62 bits per heavy atom. The number of carbonyl (C=O) groups excluding carboxylic acids is 3. The summed E-state index contributed by atoms with van der Waals surface area (Å²) < 4.78 is 23.8. The summed E-state index contributed by atoms with van der Waals surface area (Å²) in [6, 6.07) is 20.5. The largest absolute Gasteiger partial charge is 0.468 e. The fourth-order valence-corrected chi connectivity index (χ4v) is 12.4. The summed E-state index contributed by atoms with van der Waals surface area (Å²) in [6.07, 6.45) is 2.73. The predicted octanol–water partition coefficient (Wildman–Crippen LogP) is 5.50. The molecule has 3 rings (SSSR count). The van der Waals surface area contributed by atoms with Crippen LogP contribution in [0, 0.1) is 29.1 Å². The highest BCUT2D eigenvalue weighted by molar-refractivity contribution is 6.99. The highest BCUT2D eigenvalue weighted by Crippen LogP contribution is 2.52. The van der Waals surface area contributed by atoms with Gasteiger partial charge in [-0.05, 0) is 52.9 Å². The number of ketones is 2. The van der Waals surface area contributed by atoms with E-state index in [0.717, 1.165) is 10.4 Å². The van der Waals surface area contributed by atoms with E-state index in [-0.39, 0.29) is 49.0 Å². The lowest BCUT2D eigenvalue weighted by Crippen LogP contribution is -2.67. The SMILES string of the molecule is C=CCC[C@H](C(=O)C(C[C@H](C)CCO)OCOC)[C@H]1[C@H](C(=O)OC)C(=O)C[C@]1(C)CO[Si](c1ccccc1)(c1ccccc1)C(C)(C)C. The molecule has 48 heavy (non-hydrogen) atoms. The molecule has 1 aliphatic carbocycles. The van der Waals surface area contributed by atoms with E-state index in [1.807, 2.05) is 50.2 Å². The molecule has 1 unspecified atom stereocenters. The molecular formula is C39H56O8Si. The van der Waals surface area contributed by atoms with Crippen LogP contribution in [0.4, 0.5) is 0 Å². The minimum absolute atomic E-state index is 0.00709. The van der Waals surface area contributed by atoms with Crippen molar-refractivity contribution in [1.29, 1.82) is 0 Å². The van der Waals surface area contributed by atoms with Gasteiger partial charge in [0, 0.05) is 38.1 Å². The second-order valence-electron chi connectivity index (χ2n) is 14.6. The smallest absolute Gasteiger partial charge is 0.316 e. The third-order valence-electron chi connectivity index (χ3n) is 10.0. The van der Waals surface area contributed by atoms with E-state index in [2.05, 4.69) is 51.6 Å². The van der Waals surface area contributed by atoms with E-state index >= 15 is 0 Å². The standard InChI is InChI=1S/C39H56O8Si/c1-9-10-21-31(36(42)33(46-27-44-7)24-28(2)22-23-40)35-34(37(43)45-8)32(41)25-39(35,6)26-47-48(38(3,4)5,29-17-13-11-14-18-29)30-19-15-12-16-20-30/h9,11-20,28,31,33-35,40H,1,10,21-27H2,2-8H3/t28-,31+,33?,34-,35+,39-/m1/s1. The summed E-state index contributed by atoms with van der Waals surface area (Å²) in [4.78, 5) is 42.0. The number of esters is 1. The zero-order valence-corrected chi connectivity index (χ0v) is 30.9. The molecule has 9 heteroatoms. The molecule has 0 aromatic heterocycles. The topological polar surface area (TPSA) is 108 Å². The van der Waals surface area contributed by atoms with Gasteiger partial charge in [-0.1, -0.05) is 101 Å². The molecule has 6 atom stereocenters. The van der Waals surface area contributed by atoms with Gasteiger partial charge in [0.1, 0.15) is 24.6 Å². The molecular weight excluding hydrogens is 625 g/mol. The molecule has 0 saturated heterocycles. The molecule has 0 aliphatic heterocycles. The highest BCUT2D eigenvalue weighted by Gasteiger charge is 2.60. The Bertz CT molecular complexity index is 1300. The molecule has 0 spiro atoms. The van der Waals surface area contributed by atoms with E-state index in [4.69, 9.17) is 18.6 Å². The molecule has 0 radical (unpaired) electrons. The summed E-state index contributed by atoms with van der Waals surface area (Å²) in [6.45, 7) is 14.5. The van der Waals surface area contributed by atoms with Gasteiger partial charge in [0.2, 0.25) is 0 Å². The Morgan fingerprint density at radius 1 is 1.04 bits per heavy atom. The molecule has 8 nitrogen and oxygen atoms in total. The molecule has 2 aromatic rings. The minimum atomic E-state index is -3.02. The van der Waals surface area contributed by atoms with Crippen LogP contribution in [0.25, 0.3) is 0 Å². The number of rotatable bonds is 19. The molecule has 1 fully saturated rings. The number of allylic oxidation sites excluding steroid dienone is 1. The molecule has 264 valence electrons. The van der Waals surface area contributed by atoms with Gasteiger partial charge >= 0.3 is 5.97 Å². The average Bonchev–Trinajstić information content (AvgIpc) is 3.32. The summed E-state index contributed by atoms with van der Waals surface area (Å²) in [5.74, 6) is -3.64. The quantitative estimate of drug-likeness (QED) is 0.0682. The van der Waals surface area contributed by atoms with Crippen LogP contribution in [0.5, 0.6) is 0 Å². The maximum atomic E-state index is 14.7. The van der Waals surface area contributed by atoms with Gasteiger partial charge in [0.15, 0.2) is 5.78 Å². The normalized spacial score (nSPS) is 21.8. The number of hydrogen-bond acceptors (Lipinski definition) is 8.